The van der Waals surface area contributed by atoms with Crippen LogP contribution in [0.5, 0.6) is 0 Å². The Morgan fingerprint density at radius 3 is 2.73 bits per heavy atom. The molecular formula is C19H34IN5O. The predicted octanol–water partition coefficient (Wildman–Crippen LogP) is 2.54. The van der Waals surface area contributed by atoms with Crippen molar-refractivity contribution >= 4 is 29.9 Å². The highest BCUT2D eigenvalue weighted by Crippen LogP contribution is 2.24. The zero-order valence-electron chi connectivity index (χ0n) is 16.1. The van der Waals surface area contributed by atoms with Gasteiger partial charge >= 0.3 is 0 Å². The molecule has 0 radical (unpaired) electrons. The Morgan fingerprint density at radius 1 is 1.31 bits per heavy atom. The molecule has 6 nitrogen and oxygen atoms in total. The number of aliphatic imine (C=N–C) groups is 1. The summed E-state index contributed by atoms with van der Waals surface area (Å²) in [6, 6.07) is 4.34. The summed E-state index contributed by atoms with van der Waals surface area (Å²) in [6.07, 6.45) is 5.60. The third kappa shape index (κ3) is 5.85. The van der Waals surface area contributed by atoms with E-state index in [2.05, 4.69) is 38.4 Å². The number of hydrogen-bond acceptors (Lipinski definition) is 4. The van der Waals surface area contributed by atoms with Gasteiger partial charge in [-0.2, -0.15) is 0 Å². The Balaban J connectivity index is 0.00000243. The van der Waals surface area contributed by atoms with Crippen LogP contribution in [-0.4, -0.2) is 68.6 Å². The molecule has 26 heavy (non-hydrogen) atoms. The Kier molecular flexibility index (Phi) is 9.21. The second-order valence-corrected chi connectivity index (χ2v) is 7.16. The molecule has 3 heterocycles. The number of furan rings is 1. The van der Waals surface area contributed by atoms with E-state index in [1.54, 1.807) is 6.26 Å². The Labute approximate surface area is 174 Å². The lowest BCUT2D eigenvalue weighted by Crippen LogP contribution is -2.44. The second-order valence-electron chi connectivity index (χ2n) is 7.16. The predicted molar refractivity (Wildman–Crippen MR) is 117 cm³/mol. The largest absolute Gasteiger partial charge is 0.468 e. The van der Waals surface area contributed by atoms with E-state index in [0.29, 0.717) is 0 Å². The van der Waals surface area contributed by atoms with Gasteiger partial charge in [0.2, 0.25) is 0 Å². The molecule has 0 bridgehead atoms. The molecule has 2 fully saturated rings. The summed E-state index contributed by atoms with van der Waals surface area (Å²) in [5.41, 5.74) is 0. The van der Waals surface area contributed by atoms with Crippen LogP contribution in [0.2, 0.25) is 0 Å². The van der Waals surface area contributed by atoms with Crippen LogP contribution in [0.1, 0.15) is 38.0 Å². The van der Waals surface area contributed by atoms with E-state index in [0.717, 1.165) is 50.4 Å². The Bertz CT molecular complexity index is 530. The van der Waals surface area contributed by atoms with Crippen molar-refractivity contribution in [3.63, 3.8) is 0 Å². The van der Waals surface area contributed by atoms with Crippen LogP contribution in [0, 0.1) is 5.92 Å². The lowest BCUT2D eigenvalue weighted by Gasteiger charge is -2.27. The van der Waals surface area contributed by atoms with E-state index < -0.39 is 0 Å². The van der Waals surface area contributed by atoms with Gasteiger partial charge in [0.1, 0.15) is 5.76 Å². The fourth-order valence-corrected chi connectivity index (χ4v) is 3.97. The van der Waals surface area contributed by atoms with Gasteiger partial charge in [-0.15, -0.1) is 24.0 Å². The van der Waals surface area contributed by atoms with Gasteiger partial charge in [-0.3, -0.25) is 9.89 Å². The van der Waals surface area contributed by atoms with Crippen molar-refractivity contribution in [2.24, 2.45) is 10.9 Å². The molecule has 2 aliphatic heterocycles. The van der Waals surface area contributed by atoms with Crippen LogP contribution in [0.3, 0.4) is 0 Å². The molecule has 0 spiro atoms. The molecule has 1 aromatic heterocycles. The second kappa shape index (κ2) is 11.1. The quantitative estimate of drug-likeness (QED) is 0.361. The first-order valence-corrected chi connectivity index (χ1v) is 9.74. The van der Waals surface area contributed by atoms with E-state index in [1.807, 2.05) is 13.1 Å². The van der Waals surface area contributed by atoms with E-state index in [4.69, 9.17) is 4.42 Å². The van der Waals surface area contributed by atoms with E-state index in [9.17, 15) is 0 Å². The highest BCUT2D eigenvalue weighted by Gasteiger charge is 2.26. The maximum absolute atomic E-state index is 5.69. The van der Waals surface area contributed by atoms with Crippen molar-refractivity contribution in [2.45, 2.75) is 32.2 Å². The summed E-state index contributed by atoms with van der Waals surface area (Å²) in [4.78, 5) is 9.43. The molecule has 0 saturated carbocycles. The van der Waals surface area contributed by atoms with Crippen molar-refractivity contribution in [1.82, 2.24) is 20.4 Å². The number of likely N-dealkylation sites (tertiary alicyclic amines) is 2. The van der Waals surface area contributed by atoms with Gasteiger partial charge in [-0.05, 0) is 63.5 Å². The third-order valence-electron chi connectivity index (χ3n) is 5.51. The number of guanidine groups is 1. The first-order valence-electron chi connectivity index (χ1n) is 9.74. The van der Waals surface area contributed by atoms with Crippen LogP contribution in [0.25, 0.3) is 0 Å². The van der Waals surface area contributed by atoms with Crippen LogP contribution >= 0.6 is 24.0 Å². The maximum atomic E-state index is 5.69. The zero-order chi connectivity index (χ0) is 17.5. The normalized spacial score (nSPS) is 23.0. The molecule has 2 atom stereocenters. The van der Waals surface area contributed by atoms with Gasteiger partial charge in [-0.1, -0.05) is 6.92 Å². The molecule has 3 rings (SSSR count). The average molecular weight is 475 g/mol. The molecular weight excluding hydrogens is 441 g/mol. The molecule has 2 aliphatic rings. The highest BCUT2D eigenvalue weighted by molar-refractivity contribution is 14.0. The Morgan fingerprint density at radius 2 is 2.12 bits per heavy atom. The van der Waals surface area contributed by atoms with Crippen molar-refractivity contribution in [3.8, 4) is 0 Å². The molecule has 2 saturated heterocycles. The number of hydrogen-bond donors (Lipinski definition) is 2. The van der Waals surface area contributed by atoms with Crippen LogP contribution in [0.15, 0.2) is 27.8 Å². The molecule has 0 amide bonds. The van der Waals surface area contributed by atoms with Crippen molar-refractivity contribution < 1.29 is 4.42 Å². The van der Waals surface area contributed by atoms with E-state index >= 15 is 0 Å². The summed E-state index contributed by atoms with van der Waals surface area (Å²) in [6.45, 7) is 9.92. The molecule has 7 heteroatoms. The molecule has 0 aliphatic carbocycles. The van der Waals surface area contributed by atoms with Crippen molar-refractivity contribution in [1.29, 1.82) is 0 Å². The minimum Gasteiger partial charge on any atom is -0.468 e. The number of halogens is 1. The number of nitrogens with zero attached hydrogens (tertiary/aromatic N) is 3. The van der Waals surface area contributed by atoms with Crippen LogP contribution in [-0.2, 0) is 0 Å². The summed E-state index contributed by atoms with van der Waals surface area (Å²) in [5.74, 6) is 2.66. The first-order chi connectivity index (χ1) is 12.3. The van der Waals surface area contributed by atoms with E-state index in [-0.39, 0.29) is 30.0 Å². The third-order valence-corrected chi connectivity index (χ3v) is 5.51. The monoisotopic (exact) mass is 475 g/mol. The van der Waals surface area contributed by atoms with Gasteiger partial charge in [0.25, 0.3) is 0 Å². The fraction of sp³-hybridized carbons (Fsp3) is 0.737. The topological polar surface area (TPSA) is 56.0 Å². The molecule has 1 aromatic rings. The van der Waals surface area contributed by atoms with Crippen molar-refractivity contribution in [2.75, 3.05) is 52.9 Å². The van der Waals surface area contributed by atoms with Gasteiger partial charge in [0, 0.05) is 26.7 Å². The van der Waals surface area contributed by atoms with Gasteiger partial charge in [0.15, 0.2) is 5.96 Å². The number of nitrogens with one attached hydrogen (secondary N) is 2. The van der Waals surface area contributed by atoms with Gasteiger partial charge < -0.3 is 20.0 Å². The lowest BCUT2D eigenvalue weighted by atomic mass is 10.1. The average Bonchev–Trinajstić information content (AvgIpc) is 3.40. The molecule has 2 unspecified atom stereocenters. The smallest absolute Gasteiger partial charge is 0.191 e. The summed E-state index contributed by atoms with van der Waals surface area (Å²) < 4.78 is 5.69. The minimum atomic E-state index is 0. The fourth-order valence-electron chi connectivity index (χ4n) is 3.97. The minimum absolute atomic E-state index is 0. The standard InChI is InChI=1S/C19H33N5O.HI/c1-3-23-11-8-16(15-23)13-21-19(20-2)22-14-17(18-7-6-12-25-18)24-9-4-5-10-24;/h6-7,12,16-17H,3-5,8-11,13-15H2,1-2H3,(H2,20,21,22);1H. The van der Waals surface area contributed by atoms with E-state index in [1.165, 1.54) is 32.4 Å². The molecule has 0 aromatic carbocycles. The molecule has 148 valence electrons. The van der Waals surface area contributed by atoms with Crippen LogP contribution < -0.4 is 10.6 Å². The SMILES string of the molecule is CCN1CCC(CNC(=NC)NCC(c2ccco2)N2CCCC2)C1.I. The molecule has 2 N–H and O–H groups in total. The van der Waals surface area contributed by atoms with Crippen LogP contribution in [0.4, 0.5) is 0 Å². The highest BCUT2D eigenvalue weighted by atomic mass is 127. The lowest BCUT2D eigenvalue weighted by molar-refractivity contribution is 0.215. The summed E-state index contributed by atoms with van der Waals surface area (Å²) in [5, 5.41) is 7.02. The summed E-state index contributed by atoms with van der Waals surface area (Å²) in [7, 11) is 1.85. The Hall–Kier alpha value is -0.800. The van der Waals surface area contributed by atoms with Crippen molar-refractivity contribution in [3.05, 3.63) is 24.2 Å². The number of rotatable bonds is 7. The maximum Gasteiger partial charge on any atom is 0.191 e. The van der Waals surface area contributed by atoms with Gasteiger partial charge in [0.05, 0.1) is 12.3 Å². The zero-order valence-corrected chi connectivity index (χ0v) is 18.4. The summed E-state index contributed by atoms with van der Waals surface area (Å²) >= 11 is 0. The van der Waals surface area contributed by atoms with Gasteiger partial charge in [-0.25, -0.2) is 0 Å². The first kappa shape index (κ1) is 21.5.